The third kappa shape index (κ3) is 63.3. The number of hydrogen-bond acceptors (Lipinski definition) is 7. The van der Waals surface area contributed by atoms with Crippen molar-refractivity contribution in [1.82, 2.24) is 0 Å². The van der Waals surface area contributed by atoms with Crippen molar-refractivity contribution >= 4 is 19.8 Å². The Hall–Kier alpha value is -3.85. The molecule has 2 atom stereocenters. The van der Waals surface area contributed by atoms with Gasteiger partial charge in [-0.2, -0.15) is 0 Å². The molecule has 0 aromatic rings. The molecule has 1 N–H and O–H groups in total. The highest BCUT2D eigenvalue weighted by Gasteiger charge is 2.27. The second-order valence-corrected chi connectivity index (χ2v) is 23.5. The Kier molecular flexibility index (Phi) is 56.9. The molecule has 0 fully saturated rings. The van der Waals surface area contributed by atoms with Crippen LogP contribution in [0.5, 0.6) is 0 Å². The van der Waals surface area contributed by atoms with Crippen molar-refractivity contribution in [2.75, 3.05) is 47.5 Å². The minimum atomic E-state index is -4.40. The fraction of sp³-hybridized carbons (Fsp3) is 0.657. The lowest BCUT2D eigenvalue weighted by molar-refractivity contribution is -0.870. The molecule has 0 radical (unpaired) electrons. The predicted molar refractivity (Wildman–Crippen MR) is 344 cm³/mol. The fourth-order valence-corrected chi connectivity index (χ4v) is 9.01. The summed E-state index contributed by atoms with van der Waals surface area (Å²) in [7, 11) is 1.45. The summed E-state index contributed by atoms with van der Waals surface area (Å²) in [5.41, 5.74) is 0. The van der Waals surface area contributed by atoms with Gasteiger partial charge in [-0.25, -0.2) is 4.57 Å². The molecule has 0 aliphatic heterocycles. The number of unbranched alkanes of at least 4 members (excludes halogenated alkanes) is 21. The summed E-state index contributed by atoms with van der Waals surface area (Å²) < 4.78 is 34.6. The summed E-state index contributed by atoms with van der Waals surface area (Å²) >= 11 is 0. The molecular weight excluding hydrogens is 1010 g/mol. The molecule has 0 aromatic carbocycles. The van der Waals surface area contributed by atoms with E-state index in [-0.39, 0.29) is 32.0 Å². The summed E-state index contributed by atoms with van der Waals surface area (Å²) in [6, 6.07) is 0. The first kappa shape index (κ1) is 76.1. The standard InChI is InChI=1S/C70H118NO8P/c1-6-8-10-12-14-16-18-20-22-24-26-28-30-31-32-33-34-35-36-37-38-39-41-43-45-47-49-51-53-55-57-59-61-63-70(73)79-68(67-78-80(74,75)77-65-64-71(3,4)5)66-76-69(72)62-60-58-56-54-52-50-48-46-44-42-40-29-27-25-23-21-19-17-15-13-11-9-7-2/h8,10,14,16,19-22,25-28,31-32,34-35,37-38,40-43,68H,6-7,9,11-13,15,17-18,23-24,29-30,33,36,39,44-67H2,1-5H3/p+1/b10-8-,16-14-,21-19-,22-20-,27-25-,28-26-,32-31-,35-34-,38-37-,42-40-,43-41-. The number of allylic oxidation sites excluding steroid dienone is 22. The lowest BCUT2D eigenvalue weighted by Crippen LogP contribution is -2.37. The molecule has 0 spiro atoms. The van der Waals surface area contributed by atoms with E-state index in [0.29, 0.717) is 17.4 Å². The van der Waals surface area contributed by atoms with Crippen molar-refractivity contribution in [3.05, 3.63) is 134 Å². The highest BCUT2D eigenvalue weighted by Crippen LogP contribution is 2.43. The number of likely N-dealkylation sites (N-methyl/N-ethyl adjacent to an activating group) is 1. The quantitative estimate of drug-likeness (QED) is 0.0211. The number of carbonyl (C=O) groups is 2. The first-order valence-corrected chi connectivity index (χ1v) is 33.4. The lowest BCUT2D eigenvalue weighted by Gasteiger charge is -2.24. The zero-order chi connectivity index (χ0) is 58.4. The highest BCUT2D eigenvalue weighted by molar-refractivity contribution is 7.47. The monoisotopic (exact) mass is 1130 g/mol. The molecule has 0 saturated heterocycles. The molecule has 0 aliphatic rings. The van der Waals surface area contributed by atoms with Crippen LogP contribution in [-0.4, -0.2) is 74.9 Å². The molecule has 9 nitrogen and oxygen atoms in total. The van der Waals surface area contributed by atoms with Crippen LogP contribution in [0.1, 0.15) is 245 Å². The fourth-order valence-electron chi connectivity index (χ4n) is 8.27. The van der Waals surface area contributed by atoms with Crippen LogP contribution < -0.4 is 0 Å². The van der Waals surface area contributed by atoms with Crippen LogP contribution in [0.15, 0.2) is 134 Å². The van der Waals surface area contributed by atoms with Crippen LogP contribution in [-0.2, 0) is 32.7 Å². The molecule has 80 heavy (non-hydrogen) atoms. The van der Waals surface area contributed by atoms with Crippen LogP contribution in [0.4, 0.5) is 0 Å². The zero-order valence-corrected chi connectivity index (χ0v) is 52.7. The number of ether oxygens (including phenoxy) is 2. The van der Waals surface area contributed by atoms with Crippen molar-refractivity contribution in [3.63, 3.8) is 0 Å². The first-order chi connectivity index (χ1) is 39.0. The van der Waals surface area contributed by atoms with Gasteiger partial charge in [-0.1, -0.05) is 250 Å². The Labute approximate surface area is 491 Å². The van der Waals surface area contributed by atoms with E-state index in [4.69, 9.17) is 18.5 Å². The van der Waals surface area contributed by atoms with E-state index >= 15 is 0 Å². The van der Waals surface area contributed by atoms with E-state index in [1.807, 2.05) is 21.1 Å². The Bertz CT molecular complexity index is 1810. The minimum absolute atomic E-state index is 0.0215. The molecule has 0 aromatic heterocycles. The number of phosphoric acid groups is 1. The number of carbonyl (C=O) groups excluding carboxylic acids is 2. The van der Waals surface area contributed by atoms with E-state index in [2.05, 4.69) is 148 Å². The average molecular weight is 1130 g/mol. The molecule has 10 heteroatoms. The highest BCUT2D eigenvalue weighted by atomic mass is 31.2. The Balaban J connectivity index is 4.20. The summed E-state index contributed by atoms with van der Waals surface area (Å²) in [5.74, 6) is -0.821. The summed E-state index contributed by atoms with van der Waals surface area (Å²) in [6.45, 7) is 4.28. The van der Waals surface area contributed by atoms with Crippen molar-refractivity contribution < 1.29 is 42.1 Å². The SMILES string of the molecule is CC/C=C\C/C=C\C/C=C\C/C=C\C/C=C\C/C=C\C/C=C\C/C=C\CCCCCCCCCCC(=O)OC(COC(=O)CCCCCCCCCC/C=C\C/C=C\C/C=C\CCCCCCC)COP(=O)(O)OCC[N+](C)(C)C. The number of nitrogens with zero attached hydrogens (tertiary/aromatic N) is 1. The van der Waals surface area contributed by atoms with Gasteiger partial charge in [0.25, 0.3) is 0 Å². The first-order valence-electron chi connectivity index (χ1n) is 31.9. The third-order valence-corrected chi connectivity index (χ3v) is 14.1. The topological polar surface area (TPSA) is 108 Å². The van der Waals surface area contributed by atoms with Crippen LogP contribution in [0.25, 0.3) is 0 Å². The van der Waals surface area contributed by atoms with Gasteiger partial charge < -0.3 is 18.9 Å². The molecule has 0 heterocycles. The van der Waals surface area contributed by atoms with Gasteiger partial charge in [0.05, 0.1) is 27.7 Å². The number of esters is 2. The Morgan fingerprint density at radius 1 is 0.400 bits per heavy atom. The van der Waals surface area contributed by atoms with Gasteiger partial charge in [0, 0.05) is 12.8 Å². The molecule has 0 amide bonds. The maximum absolute atomic E-state index is 12.9. The van der Waals surface area contributed by atoms with Crippen molar-refractivity contribution in [2.24, 2.45) is 0 Å². The summed E-state index contributed by atoms with van der Waals surface area (Å²) in [5, 5.41) is 0. The van der Waals surface area contributed by atoms with Gasteiger partial charge in [-0.3, -0.25) is 18.6 Å². The van der Waals surface area contributed by atoms with Gasteiger partial charge in [0.2, 0.25) is 0 Å². The number of phosphoric ester groups is 1. The van der Waals surface area contributed by atoms with Gasteiger partial charge in [0.15, 0.2) is 6.10 Å². The third-order valence-electron chi connectivity index (χ3n) is 13.2. The van der Waals surface area contributed by atoms with Crippen molar-refractivity contribution in [1.29, 1.82) is 0 Å². The molecular formula is C70H119NO8P+. The maximum atomic E-state index is 12.9. The molecule has 2 unspecified atom stereocenters. The van der Waals surface area contributed by atoms with Crippen LogP contribution in [0.3, 0.4) is 0 Å². The predicted octanol–water partition coefficient (Wildman–Crippen LogP) is 20.5. The molecule has 0 aliphatic carbocycles. The number of quaternary nitrogens is 1. The largest absolute Gasteiger partial charge is 0.472 e. The van der Waals surface area contributed by atoms with E-state index < -0.39 is 26.5 Å². The molecule has 0 saturated carbocycles. The summed E-state index contributed by atoms with van der Waals surface area (Å²) in [4.78, 5) is 35.8. The number of rotatable bonds is 57. The second kappa shape index (κ2) is 59.8. The minimum Gasteiger partial charge on any atom is -0.462 e. The van der Waals surface area contributed by atoms with Gasteiger partial charge in [-0.05, 0) is 116 Å². The van der Waals surface area contributed by atoms with Crippen molar-refractivity contribution in [3.8, 4) is 0 Å². The Morgan fingerprint density at radius 2 is 0.713 bits per heavy atom. The molecule has 456 valence electrons. The zero-order valence-electron chi connectivity index (χ0n) is 51.8. The van der Waals surface area contributed by atoms with E-state index in [0.717, 1.165) is 122 Å². The van der Waals surface area contributed by atoms with Gasteiger partial charge in [0.1, 0.15) is 19.8 Å². The maximum Gasteiger partial charge on any atom is 0.472 e. The van der Waals surface area contributed by atoms with Crippen LogP contribution in [0.2, 0.25) is 0 Å². The van der Waals surface area contributed by atoms with E-state index in [9.17, 15) is 19.0 Å². The smallest absolute Gasteiger partial charge is 0.462 e. The lowest BCUT2D eigenvalue weighted by atomic mass is 10.1. The normalized spacial score (nSPS) is 14.1. The Morgan fingerprint density at radius 3 is 1.06 bits per heavy atom. The van der Waals surface area contributed by atoms with Gasteiger partial charge >= 0.3 is 19.8 Å². The van der Waals surface area contributed by atoms with Crippen molar-refractivity contribution in [2.45, 2.75) is 251 Å². The van der Waals surface area contributed by atoms with E-state index in [1.165, 1.54) is 89.9 Å². The average Bonchev–Trinajstić information content (AvgIpc) is 3.42. The molecule has 0 rings (SSSR count). The number of hydrogen-bond donors (Lipinski definition) is 1. The van der Waals surface area contributed by atoms with E-state index in [1.54, 1.807) is 0 Å². The summed E-state index contributed by atoms with van der Waals surface area (Å²) in [6.07, 6.45) is 86.6. The second-order valence-electron chi connectivity index (χ2n) is 22.1. The van der Waals surface area contributed by atoms with Crippen LogP contribution in [0, 0.1) is 0 Å². The molecule has 0 bridgehead atoms. The van der Waals surface area contributed by atoms with Crippen LogP contribution >= 0.6 is 7.82 Å². The van der Waals surface area contributed by atoms with Gasteiger partial charge in [-0.15, -0.1) is 0 Å².